The molecule has 4 nitrogen and oxygen atoms in total. The number of benzene rings is 3. The van der Waals surface area contributed by atoms with Crippen molar-refractivity contribution in [2.24, 2.45) is 4.99 Å². The third kappa shape index (κ3) is 5.55. The second kappa shape index (κ2) is 10.8. The van der Waals surface area contributed by atoms with Crippen LogP contribution in [0.25, 0.3) is 6.08 Å². The van der Waals surface area contributed by atoms with Crippen molar-refractivity contribution in [1.82, 2.24) is 0 Å². The number of rotatable bonds is 5. The quantitative estimate of drug-likeness (QED) is 0.239. The van der Waals surface area contributed by atoms with Crippen LogP contribution in [-0.4, -0.2) is 17.7 Å². The number of nitrogens with zero attached hydrogens (tertiary/aromatic N) is 2. The summed E-state index contributed by atoms with van der Waals surface area (Å²) < 4.78 is 5.40. The van der Waals surface area contributed by atoms with Crippen molar-refractivity contribution in [3.63, 3.8) is 0 Å². The Balaban J connectivity index is 1.74. The monoisotopic (exact) mass is 546 g/mol. The number of carbonyl (C=O) groups is 1. The fourth-order valence-corrected chi connectivity index (χ4v) is 4.92. The molecule has 1 fully saturated rings. The lowest BCUT2D eigenvalue weighted by atomic mass is 10.2. The maximum Gasteiger partial charge on any atom is 0.271 e. The van der Waals surface area contributed by atoms with Crippen molar-refractivity contribution in [3.05, 3.63) is 91.2 Å². The maximum absolute atomic E-state index is 13.4. The molecule has 4 rings (SSSR count). The van der Waals surface area contributed by atoms with E-state index in [1.165, 1.54) is 16.7 Å². The lowest BCUT2D eigenvalue weighted by molar-refractivity contribution is -0.113. The van der Waals surface area contributed by atoms with Gasteiger partial charge < -0.3 is 4.74 Å². The number of terminal acetylenes is 1. The van der Waals surface area contributed by atoms with Crippen LogP contribution in [-0.2, 0) is 4.79 Å². The lowest BCUT2D eigenvalue weighted by Gasteiger charge is -2.15. The molecule has 1 aliphatic rings. The van der Waals surface area contributed by atoms with Gasteiger partial charge in [-0.15, -0.1) is 6.42 Å². The molecule has 170 valence electrons. The Morgan fingerprint density at radius 2 is 1.56 bits per heavy atom. The minimum Gasteiger partial charge on any atom is -0.478 e. The molecule has 1 heterocycles. The van der Waals surface area contributed by atoms with Crippen LogP contribution in [0.4, 0.5) is 11.4 Å². The van der Waals surface area contributed by atoms with E-state index in [1.807, 2.05) is 0 Å². The third-order valence-corrected chi connectivity index (χ3v) is 6.60. The van der Waals surface area contributed by atoms with Crippen LogP contribution >= 0.6 is 58.2 Å². The molecule has 9 heteroatoms. The lowest BCUT2D eigenvalue weighted by Crippen LogP contribution is -2.28. The average molecular weight is 548 g/mol. The van der Waals surface area contributed by atoms with E-state index in [2.05, 4.69) is 10.9 Å². The van der Waals surface area contributed by atoms with Crippen molar-refractivity contribution >= 4 is 86.7 Å². The second-order valence-corrected chi connectivity index (χ2v) is 9.60. The Morgan fingerprint density at radius 3 is 2.15 bits per heavy atom. The third-order valence-electron chi connectivity index (χ3n) is 4.56. The van der Waals surface area contributed by atoms with E-state index in [-0.39, 0.29) is 22.6 Å². The Bertz CT molecular complexity index is 1320. The predicted octanol–water partition coefficient (Wildman–Crippen LogP) is 8.12. The number of hydrogen-bond acceptors (Lipinski definition) is 4. The number of carbonyl (C=O) groups excluding carboxylic acids is 1. The SMILES string of the molecule is C#CCOc1c(Cl)cc(/C=C2\SC(=Nc3ccc(Cl)cc3)N(c3ccc(Cl)cc3)C2=O)cc1Cl. The van der Waals surface area contributed by atoms with Gasteiger partial charge in [-0.1, -0.05) is 52.3 Å². The summed E-state index contributed by atoms with van der Waals surface area (Å²) in [5.74, 6) is 2.41. The van der Waals surface area contributed by atoms with Crippen LogP contribution in [0.15, 0.2) is 70.6 Å². The number of amides is 1. The first-order valence-electron chi connectivity index (χ1n) is 9.75. The summed E-state index contributed by atoms with van der Waals surface area (Å²) in [6.45, 7) is 0.0365. The summed E-state index contributed by atoms with van der Waals surface area (Å²) in [6, 6.07) is 17.3. The van der Waals surface area contributed by atoms with Gasteiger partial charge in [-0.25, -0.2) is 4.99 Å². The number of thioether (sulfide) groups is 1. The first kappa shape index (κ1) is 24.5. The van der Waals surface area contributed by atoms with Crippen molar-refractivity contribution < 1.29 is 9.53 Å². The highest BCUT2D eigenvalue weighted by atomic mass is 35.5. The molecule has 0 N–H and O–H groups in total. The first-order chi connectivity index (χ1) is 16.4. The van der Waals surface area contributed by atoms with Gasteiger partial charge >= 0.3 is 0 Å². The average Bonchev–Trinajstić information content (AvgIpc) is 3.10. The summed E-state index contributed by atoms with van der Waals surface area (Å²) in [5, 5.41) is 2.21. The van der Waals surface area contributed by atoms with E-state index in [4.69, 9.17) is 57.6 Å². The molecular formula is C25H14Cl4N2O2S. The van der Waals surface area contributed by atoms with Crippen LogP contribution in [0.1, 0.15) is 5.56 Å². The standard InChI is InChI=1S/C25H14Cl4N2O2S/c1-2-11-33-23-20(28)12-15(13-21(23)29)14-22-24(32)31(19-9-5-17(27)6-10-19)25(34-22)30-18-7-3-16(26)4-8-18/h1,3-10,12-14H,11H2/b22-14-,30-25?. The van der Waals surface area contributed by atoms with E-state index in [9.17, 15) is 4.79 Å². The molecule has 1 aliphatic heterocycles. The smallest absolute Gasteiger partial charge is 0.271 e. The largest absolute Gasteiger partial charge is 0.478 e. The van der Waals surface area contributed by atoms with Gasteiger partial charge in [0.05, 0.1) is 26.3 Å². The number of anilines is 1. The molecule has 0 unspecified atom stereocenters. The first-order valence-corrected chi connectivity index (χ1v) is 12.1. The molecule has 0 aliphatic carbocycles. The number of aliphatic imine (C=N–C) groups is 1. The molecule has 0 radical (unpaired) electrons. The van der Waals surface area contributed by atoms with E-state index in [0.29, 0.717) is 42.8 Å². The zero-order valence-electron chi connectivity index (χ0n) is 17.3. The van der Waals surface area contributed by atoms with Gasteiger partial charge in [-0.3, -0.25) is 9.69 Å². The molecule has 0 saturated carbocycles. The molecule has 0 bridgehead atoms. The summed E-state index contributed by atoms with van der Waals surface area (Å²) in [6.07, 6.45) is 6.93. The highest BCUT2D eigenvalue weighted by Crippen LogP contribution is 2.40. The maximum atomic E-state index is 13.4. The van der Waals surface area contributed by atoms with E-state index >= 15 is 0 Å². The Hall–Kier alpha value is -2.59. The Kier molecular flexibility index (Phi) is 7.77. The zero-order chi connectivity index (χ0) is 24.2. The normalized spacial score (nSPS) is 15.7. The van der Waals surface area contributed by atoms with E-state index < -0.39 is 0 Å². The molecule has 3 aromatic rings. The number of hydrogen-bond donors (Lipinski definition) is 0. The predicted molar refractivity (Wildman–Crippen MR) is 144 cm³/mol. The summed E-state index contributed by atoms with van der Waals surface area (Å²) in [5.41, 5.74) is 1.91. The molecule has 3 aromatic carbocycles. The molecule has 34 heavy (non-hydrogen) atoms. The van der Waals surface area contributed by atoms with Gasteiger partial charge in [0.15, 0.2) is 10.9 Å². The molecular weight excluding hydrogens is 534 g/mol. The highest BCUT2D eigenvalue weighted by Gasteiger charge is 2.35. The molecule has 0 spiro atoms. The minimum atomic E-state index is -0.250. The zero-order valence-corrected chi connectivity index (χ0v) is 21.1. The van der Waals surface area contributed by atoms with Crippen LogP contribution in [0, 0.1) is 12.3 Å². The topological polar surface area (TPSA) is 41.9 Å². The van der Waals surface area contributed by atoms with Gasteiger partial charge in [0.25, 0.3) is 5.91 Å². The summed E-state index contributed by atoms with van der Waals surface area (Å²) in [7, 11) is 0. The van der Waals surface area contributed by atoms with E-state index in [0.717, 1.165) is 0 Å². The highest BCUT2D eigenvalue weighted by molar-refractivity contribution is 8.19. The minimum absolute atomic E-state index is 0.0365. The Labute approximate surface area is 221 Å². The number of halogens is 4. The summed E-state index contributed by atoms with van der Waals surface area (Å²) >= 11 is 25.9. The molecule has 0 atom stereocenters. The van der Waals surface area contributed by atoms with Gasteiger partial charge in [-0.05, 0) is 84.1 Å². The molecule has 1 amide bonds. The fraction of sp³-hybridized carbons (Fsp3) is 0.0400. The molecule has 0 aromatic heterocycles. The number of ether oxygens (including phenoxy) is 1. The van der Waals surface area contributed by atoms with Crippen LogP contribution in [0.3, 0.4) is 0 Å². The fourth-order valence-electron chi connectivity index (χ4n) is 3.06. The van der Waals surface area contributed by atoms with Crippen LogP contribution in [0.2, 0.25) is 20.1 Å². The van der Waals surface area contributed by atoms with E-state index in [1.54, 1.807) is 66.7 Å². The van der Waals surface area contributed by atoms with Crippen molar-refractivity contribution in [2.45, 2.75) is 0 Å². The van der Waals surface area contributed by atoms with Gasteiger partial charge in [-0.2, -0.15) is 0 Å². The van der Waals surface area contributed by atoms with Crippen molar-refractivity contribution in [1.29, 1.82) is 0 Å². The molecule has 1 saturated heterocycles. The van der Waals surface area contributed by atoms with Gasteiger partial charge in [0, 0.05) is 10.0 Å². The van der Waals surface area contributed by atoms with Crippen LogP contribution < -0.4 is 9.64 Å². The van der Waals surface area contributed by atoms with Gasteiger partial charge in [0.2, 0.25) is 0 Å². The number of amidine groups is 1. The second-order valence-electron chi connectivity index (χ2n) is 6.90. The summed E-state index contributed by atoms with van der Waals surface area (Å²) in [4.78, 5) is 20.0. The Morgan fingerprint density at radius 1 is 0.971 bits per heavy atom. The van der Waals surface area contributed by atoms with Crippen molar-refractivity contribution in [2.75, 3.05) is 11.5 Å². The van der Waals surface area contributed by atoms with Crippen LogP contribution in [0.5, 0.6) is 5.75 Å². The van der Waals surface area contributed by atoms with Gasteiger partial charge in [0.1, 0.15) is 6.61 Å². The van der Waals surface area contributed by atoms with Crippen molar-refractivity contribution in [3.8, 4) is 18.1 Å².